The molecule has 0 bridgehead atoms. The van der Waals surface area contributed by atoms with Crippen molar-refractivity contribution in [3.63, 3.8) is 0 Å². The zero-order valence-corrected chi connectivity index (χ0v) is 20.2. The van der Waals surface area contributed by atoms with Gasteiger partial charge in [-0.3, -0.25) is 9.59 Å². The lowest BCUT2D eigenvalue weighted by Gasteiger charge is -2.38. The quantitative estimate of drug-likeness (QED) is 0.583. The van der Waals surface area contributed by atoms with Crippen LogP contribution in [0, 0.1) is 0 Å². The van der Waals surface area contributed by atoms with Crippen LogP contribution in [-0.4, -0.2) is 60.5 Å². The van der Waals surface area contributed by atoms with E-state index in [0.29, 0.717) is 25.4 Å². The van der Waals surface area contributed by atoms with Crippen molar-refractivity contribution in [1.82, 2.24) is 15.2 Å². The zero-order valence-electron chi connectivity index (χ0n) is 19.4. The molecule has 2 unspecified atom stereocenters. The number of para-hydroxylation sites is 3. The molecule has 1 fully saturated rings. The largest absolute Gasteiger partial charge is 0.477 e. The van der Waals surface area contributed by atoms with Gasteiger partial charge in [-0.15, -0.1) is 11.3 Å². The van der Waals surface area contributed by atoms with Crippen LogP contribution >= 0.6 is 11.3 Å². The van der Waals surface area contributed by atoms with Crippen molar-refractivity contribution in [3.05, 3.63) is 53.5 Å². The highest BCUT2D eigenvalue weighted by Gasteiger charge is 2.33. The van der Waals surface area contributed by atoms with Gasteiger partial charge in [0.05, 0.1) is 34.0 Å². The second kappa shape index (κ2) is 10.0. The molecule has 0 saturated carbocycles. The number of anilines is 1. The van der Waals surface area contributed by atoms with E-state index in [-0.39, 0.29) is 24.3 Å². The summed E-state index contributed by atoms with van der Waals surface area (Å²) in [5.41, 5.74) is 1.89. The van der Waals surface area contributed by atoms with Crippen molar-refractivity contribution in [2.75, 3.05) is 37.6 Å². The molecule has 34 heavy (non-hydrogen) atoms. The number of thiazole rings is 1. The summed E-state index contributed by atoms with van der Waals surface area (Å²) in [4.78, 5) is 34.8. The maximum absolute atomic E-state index is 13.4. The number of hydrogen-bond donors (Lipinski definition) is 1. The van der Waals surface area contributed by atoms with Gasteiger partial charge in [0, 0.05) is 25.6 Å². The van der Waals surface area contributed by atoms with Gasteiger partial charge in [-0.1, -0.05) is 31.2 Å². The SMILES string of the molecule is CCCNC(=O)C1CN(CC(=O)N2CCCC(c3nc4ccccc4s3)C2)c2ccccc2O1. The number of fused-ring (bicyclic) bond motifs is 2. The minimum Gasteiger partial charge on any atom is -0.477 e. The topological polar surface area (TPSA) is 74.8 Å². The Balaban J connectivity index is 1.29. The van der Waals surface area contributed by atoms with Crippen molar-refractivity contribution in [1.29, 1.82) is 0 Å². The van der Waals surface area contributed by atoms with Gasteiger partial charge >= 0.3 is 0 Å². The monoisotopic (exact) mass is 478 g/mol. The molecule has 1 saturated heterocycles. The van der Waals surface area contributed by atoms with E-state index in [2.05, 4.69) is 11.4 Å². The number of benzene rings is 2. The number of carbonyl (C=O) groups excluding carboxylic acids is 2. The number of ether oxygens (including phenoxy) is 1. The molecule has 7 nitrogen and oxygen atoms in total. The van der Waals surface area contributed by atoms with E-state index in [1.165, 1.54) is 4.70 Å². The molecule has 2 atom stereocenters. The highest BCUT2D eigenvalue weighted by atomic mass is 32.1. The highest BCUT2D eigenvalue weighted by molar-refractivity contribution is 7.18. The van der Waals surface area contributed by atoms with Gasteiger partial charge in [-0.2, -0.15) is 0 Å². The average Bonchev–Trinajstić information content (AvgIpc) is 3.32. The van der Waals surface area contributed by atoms with E-state index >= 15 is 0 Å². The minimum atomic E-state index is -0.633. The number of amides is 2. The second-order valence-corrected chi connectivity index (χ2v) is 10.0. The third kappa shape index (κ3) is 4.73. The van der Waals surface area contributed by atoms with Crippen LogP contribution in [0.4, 0.5) is 5.69 Å². The molecule has 0 aliphatic carbocycles. The first-order valence-electron chi connectivity index (χ1n) is 12.0. The number of rotatable bonds is 6. The molecule has 1 aromatic heterocycles. The van der Waals surface area contributed by atoms with Crippen LogP contribution < -0.4 is 15.0 Å². The summed E-state index contributed by atoms with van der Waals surface area (Å²) in [7, 11) is 0. The molecule has 2 amide bonds. The van der Waals surface area contributed by atoms with Crippen molar-refractivity contribution in [3.8, 4) is 5.75 Å². The molecule has 178 valence electrons. The van der Waals surface area contributed by atoms with Crippen LogP contribution in [0.1, 0.15) is 37.1 Å². The van der Waals surface area contributed by atoms with Crippen LogP contribution in [0.2, 0.25) is 0 Å². The predicted octanol–water partition coefficient (Wildman–Crippen LogP) is 3.80. The lowest BCUT2D eigenvalue weighted by atomic mass is 9.98. The Morgan fingerprint density at radius 1 is 1.15 bits per heavy atom. The van der Waals surface area contributed by atoms with Crippen LogP contribution in [0.15, 0.2) is 48.5 Å². The van der Waals surface area contributed by atoms with Crippen LogP contribution in [0.25, 0.3) is 10.2 Å². The highest BCUT2D eigenvalue weighted by Crippen LogP contribution is 2.35. The fourth-order valence-electron chi connectivity index (χ4n) is 4.69. The number of likely N-dealkylation sites (tertiary alicyclic amines) is 1. The van der Waals surface area contributed by atoms with Gasteiger partial charge in [0.25, 0.3) is 5.91 Å². The normalized spacial score (nSPS) is 20.0. The van der Waals surface area contributed by atoms with E-state index in [0.717, 1.165) is 42.0 Å². The predicted molar refractivity (Wildman–Crippen MR) is 135 cm³/mol. The maximum Gasteiger partial charge on any atom is 0.262 e. The Labute approximate surface area is 203 Å². The summed E-state index contributed by atoms with van der Waals surface area (Å²) in [5, 5.41) is 4.03. The maximum atomic E-state index is 13.4. The summed E-state index contributed by atoms with van der Waals surface area (Å²) in [5.74, 6) is 0.849. The van der Waals surface area contributed by atoms with Gasteiger partial charge in [-0.05, 0) is 43.5 Å². The summed E-state index contributed by atoms with van der Waals surface area (Å²) in [6.45, 7) is 4.65. The van der Waals surface area contributed by atoms with Crippen LogP contribution in [0.3, 0.4) is 0 Å². The Morgan fingerprint density at radius 3 is 2.82 bits per heavy atom. The summed E-state index contributed by atoms with van der Waals surface area (Å²) >= 11 is 1.73. The summed E-state index contributed by atoms with van der Waals surface area (Å²) < 4.78 is 7.16. The van der Waals surface area contributed by atoms with Crippen LogP contribution in [0.5, 0.6) is 5.75 Å². The Kier molecular flexibility index (Phi) is 6.67. The molecule has 0 radical (unpaired) electrons. The Bertz CT molecular complexity index is 1150. The Morgan fingerprint density at radius 2 is 1.97 bits per heavy atom. The molecular weight excluding hydrogens is 448 g/mol. The lowest BCUT2D eigenvalue weighted by Crippen LogP contribution is -2.52. The molecule has 8 heteroatoms. The van der Waals surface area contributed by atoms with E-state index in [1.54, 1.807) is 11.3 Å². The molecule has 3 aromatic rings. The number of carbonyl (C=O) groups is 2. The van der Waals surface area contributed by atoms with E-state index in [4.69, 9.17) is 9.72 Å². The number of hydrogen-bond acceptors (Lipinski definition) is 6. The number of piperidine rings is 1. The fraction of sp³-hybridized carbons (Fsp3) is 0.423. The van der Waals surface area contributed by atoms with Gasteiger partial charge in [0.15, 0.2) is 6.10 Å². The summed E-state index contributed by atoms with van der Waals surface area (Å²) in [6.07, 6.45) is 2.24. The van der Waals surface area contributed by atoms with Gasteiger partial charge in [0.2, 0.25) is 5.91 Å². The molecule has 3 heterocycles. The first-order valence-corrected chi connectivity index (χ1v) is 12.9. The van der Waals surface area contributed by atoms with Crippen molar-refractivity contribution < 1.29 is 14.3 Å². The first kappa shape index (κ1) is 22.7. The number of nitrogens with zero attached hydrogens (tertiary/aromatic N) is 3. The average molecular weight is 479 g/mol. The molecule has 2 aliphatic rings. The van der Waals surface area contributed by atoms with Crippen molar-refractivity contribution in [2.45, 2.75) is 38.2 Å². The van der Waals surface area contributed by atoms with Crippen molar-refractivity contribution in [2.24, 2.45) is 0 Å². The van der Waals surface area contributed by atoms with Gasteiger partial charge in [0.1, 0.15) is 5.75 Å². The van der Waals surface area contributed by atoms with Crippen LogP contribution in [-0.2, 0) is 9.59 Å². The second-order valence-electron chi connectivity index (χ2n) is 8.94. The fourth-order valence-corrected chi connectivity index (χ4v) is 5.78. The molecular formula is C26H30N4O3S. The first-order chi connectivity index (χ1) is 16.6. The molecule has 2 aliphatic heterocycles. The third-order valence-corrected chi connectivity index (χ3v) is 7.66. The van der Waals surface area contributed by atoms with E-state index < -0.39 is 6.10 Å². The number of aromatic nitrogens is 1. The molecule has 5 rings (SSSR count). The molecule has 0 spiro atoms. The summed E-state index contributed by atoms with van der Waals surface area (Å²) in [6, 6.07) is 15.8. The Hall–Kier alpha value is -3.13. The van der Waals surface area contributed by atoms with Gasteiger partial charge in [-0.25, -0.2) is 4.98 Å². The molecule has 1 N–H and O–H groups in total. The lowest BCUT2D eigenvalue weighted by molar-refractivity contribution is -0.132. The third-order valence-electron chi connectivity index (χ3n) is 6.46. The minimum absolute atomic E-state index is 0.0789. The van der Waals surface area contributed by atoms with E-state index in [1.807, 2.05) is 59.2 Å². The smallest absolute Gasteiger partial charge is 0.262 e. The standard InChI is InChI=1S/C26H30N4O3S/c1-2-13-27-25(32)22-16-30(20-10-4-5-11-21(20)33-22)17-24(31)29-14-7-8-18(15-29)26-28-19-9-3-6-12-23(19)34-26/h3-6,9-12,18,22H,2,7-8,13-17H2,1H3,(H,27,32). The van der Waals surface area contributed by atoms with Crippen molar-refractivity contribution >= 4 is 39.1 Å². The molecule has 2 aromatic carbocycles. The number of nitrogens with one attached hydrogen (secondary N) is 1. The van der Waals surface area contributed by atoms with E-state index in [9.17, 15) is 9.59 Å². The van der Waals surface area contributed by atoms with Gasteiger partial charge < -0.3 is 19.9 Å². The zero-order chi connectivity index (χ0) is 23.5.